The van der Waals surface area contributed by atoms with Gasteiger partial charge in [0.1, 0.15) is 28.8 Å². The van der Waals surface area contributed by atoms with Gasteiger partial charge in [0.25, 0.3) is 11.8 Å². The van der Waals surface area contributed by atoms with Crippen LogP contribution in [0.15, 0.2) is 16.9 Å². The second-order valence-corrected chi connectivity index (χ2v) is 8.93. The third-order valence-corrected chi connectivity index (χ3v) is 6.40. The van der Waals surface area contributed by atoms with Crippen LogP contribution in [-0.2, 0) is 20.4 Å². The van der Waals surface area contributed by atoms with Gasteiger partial charge in [-0.1, -0.05) is 0 Å². The molecule has 3 rings (SSSR count). The first-order chi connectivity index (χ1) is 13.6. The quantitative estimate of drug-likeness (QED) is 0.614. The minimum absolute atomic E-state index is 0.113. The van der Waals surface area contributed by atoms with E-state index < -0.39 is 58.9 Å². The molecular weight excluding hydrogens is 432 g/mol. The molecule has 1 fully saturated rings. The standard InChI is InChI=1S/C14H13F2N7O4S2/c15-14(16)1-8(2-17)23(6-14)11(24)3-18-12(25)9-4-28-10(21-9)5-29(26,27)13-19-7-20-22-13/h4,7-8H,1,3,5-6H2,(H,18,25)(H,19,20,22)/t8-/m0/s1. The number of aromatic amines is 1. The minimum atomic E-state index is -3.81. The van der Waals surface area contributed by atoms with Crippen LogP contribution in [0.1, 0.15) is 21.9 Å². The van der Waals surface area contributed by atoms with Gasteiger partial charge >= 0.3 is 0 Å². The van der Waals surface area contributed by atoms with Gasteiger partial charge in [-0.2, -0.15) is 10.4 Å². The topological polar surface area (TPSA) is 162 Å². The van der Waals surface area contributed by atoms with Crippen molar-refractivity contribution in [3.05, 3.63) is 22.4 Å². The minimum Gasteiger partial charge on any atom is -0.342 e. The second kappa shape index (κ2) is 7.79. The molecule has 0 aliphatic carbocycles. The lowest BCUT2D eigenvalue weighted by atomic mass is 10.2. The maximum Gasteiger partial charge on any atom is 0.271 e. The van der Waals surface area contributed by atoms with Crippen molar-refractivity contribution in [1.82, 2.24) is 30.4 Å². The molecule has 0 unspecified atom stereocenters. The molecule has 11 nitrogen and oxygen atoms in total. The van der Waals surface area contributed by atoms with Crippen molar-refractivity contribution in [1.29, 1.82) is 5.26 Å². The van der Waals surface area contributed by atoms with Crippen molar-refractivity contribution in [2.45, 2.75) is 29.3 Å². The summed E-state index contributed by atoms with van der Waals surface area (Å²) in [4.78, 5) is 32.4. The number of nitrogens with zero attached hydrogens (tertiary/aromatic N) is 5. The highest BCUT2D eigenvalue weighted by Crippen LogP contribution is 2.31. The van der Waals surface area contributed by atoms with Crippen LogP contribution in [0, 0.1) is 11.3 Å². The highest BCUT2D eigenvalue weighted by Gasteiger charge is 2.47. The summed E-state index contributed by atoms with van der Waals surface area (Å²) in [5.74, 6) is -5.27. The molecule has 0 saturated carbocycles. The van der Waals surface area contributed by atoms with E-state index in [4.69, 9.17) is 5.26 Å². The fraction of sp³-hybridized carbons (Fsp3) is 0.429. The smallest absolute Gasteiger partial charge is 0.271 e. The average Bonchev–Trinajstić information content (AvgIpc) is 3.38. The predicted molar refractivity (Wildman–Crippen MR) is 92.4 cm³/mol. The first-order valence-electron chi connectivity index (χ1n) is 7.99. The molecule has 3 heterocycles. The molecule has 154 valence electrons. The average molecular weight is 445 g/mol. The van der Waals surface area contributed by atoms with E-state index in [2.05, 4.69) is 25.5 Å². The summed E-state index contributed by atoms with van der Waals surface area (Å²) in [5.41, 5.74) is -0.130. The van der Waals surface area contributed by atoms with Crippen LogP contribution < -0.4 is 5.32 Å². The zero-order chi connectivity index (χ0) is 21.2. The number of carbonyl (C=O) groups is 2. The van der Waals surface area contributed by atoms with Crippen molar-refractivity contribution in [2.75, 3.05) is 13.1 Å². The van der Waals surface area contributed by atoms with E-state index in [0.717, 1.165) is 22.6 Å². The number of rotatable bonds is 6. The molecule has 2 aromatic rings. The lowest BCUT2D eigenvalue weighted by Gasteiger charge is -2.19. The number of halogens is 2. The Kier molecular flexibility index (Phi) is 5.57. The molecule has 0 aromatic carbocycles. The summed E-state index contributed by atoms with van der Waals surface area (Å²) in [6.07, 6.45) is 0.288. The molecule has 0 radical (unpaired) electrons. The van der Waals surface area contributed by atoms with Crippen LogP contribution in [0.3, 0.4) is 0 Å². The van der Waals surface area contributed by atoms with Gasteiger partial charge in [-0.3, -0.25) is 14.7 Å². The first kappa shape index (κ1) is 20.7. The zero-order valence-electron chi connectivity index (χ0n) is 14.5. The molecule has 2 amide bonds. The normalized spacial score (nSPS) is 18.4. The van der Waals surface area contributed by atoms with Gasteiger partial charge in [0.05, 0.1) is 19.2 Å². The molecule has 0 bridgehead atoms. The highest BCUT2D eigenvalue weighted by molar-refractivity contribution is 7.90. The van der Waals surface area contributed by atoms with Gasteiger partial charge in [-0.25, -0.2) is 27.2 Å². The number of H-pyrrole nitrogens is 1. The molecule has 1 atom stereocenters. The van der Waals surface area contributed by atoms with Crippen molar-refractivity contribution in [3.8, 4) is 6.07 Å². The number of sulfone groups is 1. The molecule has 1 aliphatic rings. The summed E-state index contributed by atoms with van der Waals surface area (Å²) in [6.45, 7) is -1.49. The van der Waals surface area contributed by atoms with E-state index in [1.807, 2.05) is 0 Å². The van der Waals surface area contributed by atoms with Gasteiger partial charge in [0.15, 0.2) is 0 Å². The van der Waals surface area contributed by atoms with E-state index in [-0.39, 0.29) is 15.9 Å². The van der Waals surface area contributed by atoms with Crippen LogP contribution in [0.25, 0.3) is 0 Å². The van der Waals surface area contributed by atoms with Gasteiger partial charge in [0.2, 0.25) is 20.9 Å². The maximum atomic E-state index is 13.4. The fourth-order valence-corrected chi connectivity index (χ4v) is 4.82. The molecule has 29 heavy (non-hydrogen) atoms. The lowest BCUT2D eigenvalue weighted by Crippen LogP contribution is -2.43. The number of likely N-dealkylation sites (tertiary alicyclic amines) is 1. The summed E-state index contributed by atoms with van der Waals surface area (Å²) < 4.78 is 51.0. The number of carbonyl (C=O) groups excluding carboxylic acids is 2. The van der Waals surface area contributed by atoms with Gasteiger partial charge in [0, 0.05) is 11.8 Å². The largest absolute Gasteiger partial charge is 0.342 e. The Morgan fingerprint density at radius 2 is 2.24 bits per heavy atom. The number of hydrogen-bond donors (Lipinski definition) is 2. The Bertz CT molecular complexity index is 1060. The Balaban J connectivity index is 1.58. The highest BCUT2D eigenvalue weighted by atomic mass is 32.2. The van der Waals surface area contributed by atoms with Crippen LogP contribution in [-0.4, -0.2) is 70.4 Å². The van der Waals surface area contributed by atoms with Crippen LogP contribution in [0.5, 0.6) is 0 Å². The number of amides is 2. The number of nitriles is 1. The Labute approximate surface area is 166 Å². The number of thiazole rings is 1. The summed E-state index contributed by atoms with van der Waals surface area (Å²) in [7, 11) is -3.81. The SMILES string of the molecule is N#C[C@@H]1CC(F)(F)CN1C(=O)CNC(=O)c1csc(CS(=O)(=O)c2ncn[nH]2)n1. The van der Waals surface area contributed by atoms with E-state index >= 15 is 0 Å². The van der Waals surface area contributed by atoms with Crippen molar-refractivity contribution >= 4 is 33.0 Å². The Morgan fingerprint density at radius 3 is 2.90 bits per heavy atom. The van der Waals surface area contributed by atoms with Crippen molar-refractivity contribution in [3.63, 3.8) is 0 Å². The number of hydrogen-bond acceptors (Lipinski definition) is 9. The molecule has 15 heteroatoms. The molecule has 2 N–H and O–H groups in total. The molecule has 0 spiro atoms. The van der Waals surface area contributed by atoms with Gasteiger partial charge in [-0.15, -0.1) is 11.3 Å². The van der Waals surface area contributed by atoms with Crippen LogP contribution >= 0.6 is 11.3 Å². The summed E-state index contributed by atoms with van der Waals surface area (Å²) >= 11 is 0.915. The van der Waals surface area contributed by atoms with E-state index in [0.29, 0.717) is 0 Å². The molecule has 1 saturated heterocycles. The van der Waals surface area contributed by atoms with Crippen molar-refractivity contribution in [2.24, 2.45) is 0 Å². The van der Waals surface area contributed by atoms with Crippen LogP contribution in [0.4, 0.5) is 8.78 Å². The number of aromatic nitrogens is 4. The Hall–Kier alpha value is -2.99. The van der Waals surface area contributed by atoms with Crippen LogP contribution in [0.2, 0.25) is 0 Å². The monoisotopic (exact) mass is 445 g/mol. The molecule has 1 aliphatic heterocycles. The molecule has 2 aromatic heterocycles. The van der Waals surface area contributed by atoms with E-state index in [1.54, 1.807) is 6.07 Å². The van der Waals surface area contributed by atoms with Crippen molar-refractivity contribution < 1.29 is 26.8 Å². The van der Waals surface area contributed by atoms with Gasteiger partial charge < -0.3 is 10.2 Å². The third kappa shape index (κ3) is 4.71. The zero-order valence-corrected chi connectivity index (χ0v) is 16.1. The third-order valence-electron chi connectivity index (χ3n) is 3.92. The second-order valence-electron chi connectivity index (χ2n) is 6.09. The fourth-order valence-electron chi connectivity index (χ4n) is 2.60. The summed E-state index contributed by atoms with van der Waals surface area (Å²) in [6, 6.07) is 0.377. The van der Waals surface area contributed by atoms with E-state index in [1.165, 1.54) is 5.38 Å². The summed E-state index contributed by atoms with van der Waals surface area (Å²) in [5, 5.41) is 17.9. The maximum absolute atomic E-state index is 13.4. The lowest BCUT2D eigenvalue weighted by molar-refractivity contribution is -0.131. The van der Waals surface area contributed by atoms with Gasteiger partial charge in [-0.05, 0) is 0 Å². The predicted octanol–water partition coefficient (Wildman–Crippen LogP) is -0.275. The Morgan fingerprint density at radius 1 is 1.48 bits per heavy atom. The van der Waals surface area contributed by atoms with E-state index in [9.17, 15) is 26.8 Å². The number of nitrogens with one attached hydrogen (secondary N) is 2. The first-order valence-corrected chi connectivity index (χ1v) is 10.5. The molecular formula is C14H13F2N7O4S2. The number of alkyl halides is 2.